The van der Waals surface area contributed by atoms with E-state index in [0.29, 0.717) is 40.5 Å². The van der Waals surface area contributed by atoms with Crippen LogP contribution in [0.4, 0.5) is 5.69 Å². The number of nitrogens with one attached hydrogen (secondary N) is 2. The Labute approximate surface area is 158 Å². The SMILES string of the molecule is O=C(CCCn1cnc2ccccc2c1=O)Nc1ccc2nc[nH]c(=O)c2c1. The Bertz CT molecular complexity index is 1290. The number of anilines is 1. The number of hydrogen-bond acceptors (Lipinski definition) is 5. The minimum Gasteiger partial charge on any atom is -0.326 e. The third kappa shape index (κ3) is 3.52. The van der Waals surface area contributed by atoms with Gasteiger partial charge in [0.2, 0.25) is 5.91 Å². The van der Waals surface area contributed by atoms with Crippen molar-refractivity contribution in [2.75, 3.05) is 5.32 Å². The van der Waals surface area contributed by atoms with Gasteiger partial charge in [-0.1, -0.05) is 12.1 Å². The van der Waals surface area contributed by atoms with Crippen molar-refractivity contribution in [1.82, 2.24) is 19.5 Å². The summed E-state index contributed by atoms with van der Waals surface area (Å²) < 4.78 is 1.51. The summed E-state index contributed by atoms with van der Waals surface area (Å²) in [6.45, 7) is 0.394. The molecule has 2 aromatic carbocycles. The smallest absolute Gasteiger partial charge is 0.261 e. The first-order valence-electron chi connectivity index (χ1n) is 8.83. The van der Waals surface area contributed by atoms with E-state index in [1.807, 2.05) is 6.07 Å². The van der Waals surface area contributed by atoms with E-state index in [0.717, 1.165) is 0 Å². The first kappa shape index (κ1) is 17.6. The average molecular weight is 375 g/mol. The van der Waals surface area contributed by atoms with Crippen LogP contribution in [0, 0.1) is 0 Å². The Hall–Kier alpha value is -3.81. The fourth-order valence-electron chi connectivity index (χ4n) is 3.05. The molecule has 4 aromatic rings. The number of H-pyrrole nitrogens is 1. The molecule has 0 aliphatic carbocycles. The molecule has 0 spiro atoms. The number of amides is 1. The van der Waals surface area contributed by atoms with Crippen LogP contribution in [0.3, 0.4) is 0 Å². The number of aromatic nitrogens is 4. The van der Waals surface area contributed by atoms with E-state index in [1.165, 1.54) is 17.2 Å². The number of hydrogen-bond donors (Lipinski definition) is 2. The van der Waals surface area contributed by atoms with Crippen molar-refractivity contribution in [2.24, 2.45) is 0 Å². The fourth-order valence-corrected chi connectivity index (χ4v) is 3.05. The second-order valence-electron chi connectivity index (χ2n) is 6.38. The van der Waals surface area contributed by atoms with Crippen LogP contribution in [0.1, 0.15) is 12.8 Å². The lowest BCUT2D eigenvalue weighted by atomic mass is 10.2. The monoisotopic (exact) mass is 375 g/mol. The molecule has 8 nitrogen and oxygen atoms in total. The highest BCUT2D eigenvalue weighted by Gasteiger charge is 2.07. The quantitative estimate of drug-likeness (QED) is 0.555. The second kappa shape index (κ2) is 7.43. The van der Waals surface area contributed by atoms with E-state index < -0.39 is 0 Å². The molecule has 0 radical (unpaired) electrons. The van der Waals surface area contributed by atoms with Gasteiger partial charge in [-0.15, -0.1) is 0 Å². The topological polar surface area (TPSA) is 110 Å². The largest absolute Gasteiger partial charge is 0.326 e. The van der Waals surface area contributed by atoms with E-state index in [9.17, 15) is 14.4 Å². The van der Waals surface area contributed by atoms with Gasteiger partial charge in [0.25, 0.3) is 11.1 Å². The van der Waals surface area contributed by atoms with Crippen molar-refractivity contribution in [3.8, 4) is 0 Å². The zero-order valence-corrected chi connectivity index (χ0v) is 14.9. The van der Waals surface area contributed by atoms with Gasteiger partial charge >= 0.3 is 0 Å². The number of fused-ring (bicyclic) bond motifs is 2. The molecule has 4 rings (SSSR count). The number of nitrogens with zero attached hydrogens (tertiary/aromatic N) is 3. The summed E-state index contributed by atoms with van der Waals surface area (Å²) in [7, 11) is 0. The third-order valence-electron chi connectivity index (χ3n) is 4.46. The van der Waals surface area contributed by atoms with E-state index in [2.05, 4.69) is 20.3 Å². The molecule has 0 aliphatic heterocycles. The van der Waals surface area contributed by atoms with Gasteiger partial charge in [-0.2, -0.15) is 0 Å². The van der Waals surface area contributed by atoms with Crippen molar-refractivity contribution in [2.45, 2.75) is 19.4 Å². The minimum absolute atomic E-state index is 0.118. The number of benzene rings is 2. The summed E-state index contributed by atoms with van der Waals surface area (Å²) >= 11 is 0. The molecule has 0 bridgehead atoms. The van der Waals surface area contributed by atoms with Crippen molar-refractivity contribution < 1.29 is 4.79 Å². The molecule has 0 atom stereocenters. The number of aromatic amines is 1. The van der Waals surface area contributed by atoms with Crippen LogP contribution < -0.4 is 16.4 Å². The van der Waals surface area contributed by atoms with Crippen LogP contribution in [-0.2, 0) is 11.3 Å². The highest BCUT2D eigenvalue weighted by molar-refractivity contribution is 5.93. The number of para-hydroxylation sites is 1. The summed E-state index contributed by atoms with van der Waals surface area (Å²) in [4.78, 5) is 47.3. The lowest BCUT2D eigenvalue weighted by molar-refractivity contribution is -0.116. The molecule has 0 fully saturated rings. The van der Waals surface area contributed by atoms with Crippen LogP contribution in [0.5, 0.6) is 0 Å². The van der Waals surface area contributed by atoms with E-state index >= 15 is 0 Å². The molecular formula is C20H17N5O3. The van der Waals surface area contributed by atoms with Crippen LogP contribution in [0.25, 0.3) is 21.8 Å². The Morgan fingerprint density at radius 1 is 1.04 bits per heavy atom. The van der Waals surface area contributed by atoms with Crippen molar-refractivity contribution >= 4 is 33.4 Å². The maximum Gasteiger partial charge on any atom is 0.261 e. The number of rotatable bonds is 5. The Morgan fingerprint density at radius 3 is 2.75 bits per heavy atom. The second-order valence-corrected chi connectivity index (χ2v) is 6.38. The zero-order chi connectivity index (χ0) is 19.5. The normalized spacial score (nSPS) is 11.0. The lowest BCUT2D eigenvalue weighted by Crippen LogP contribution is -2.21. The first-order valence-corrected chi connectivity index (χ1v) is 8.83. The van der Waals surface area contributed by atoms with E-state index in [-0.39, 0.29) is 23.4 Å². The summed E-state index contributed by atoms with van der Waals surface area (Å²) in [5.41, 5.74) is 1.37. The molecule has 8 heteroatoms. The standard InChI is InChI=1S/C20H17N5O3/c26-18(24-13-7-8-17-15(10-13)19(27)22-11-21-17)6-3-9-25-12-23-16-5-2-1-4-14(16)20(25)28/h1-2,4-5,7-8,10-12H,3,6,9H2,(H,24,26)(H,21,22,27). The van der Waals surface area contributed by atoms with Crippen molar-refractivity contribution in [1.29, 1.82) is 0 Å². The Kier molecular flexibility index (Phi) is 4.67. The van der Waals surface area contributed by atoms with Gasteiger partial charge < -0.3 is 10.3 Å². The number of aryl methyl sites for hydroxylation is 1. The summed E-state index contributed by atoms with van der Waals surface area (Å²) in [6.07, 6.45) is 3.57. The molecule has 0 aliphatic rings. The van der Waals surface area contributed by atoms with E-state index in [4.69, 9.17) is 0 Å². The third-order valence-corrected chi connectivity index (χ3v) is 4.46. The summed E-state index contributed by atoms with van der Waals surface area (Å²) in [5, 5.41) is 3.74. The van der Waals surface area contributed by atoms with Gasteiger partial charge in [-0.3, -0.25) is 19.0 Å². The molecule has 0 saturated heterocycles. The molecule has 0 saturated carbocycles. The molecule has 2 aromatic heterocycles. The van der Waals surface area contributed by atoms with Crippen LogP contribution in [0.2, 0.25) is 0 Å². The fraction of sp³-hybridized carbons (Fsp3) is 0.150. The summed E-state index contributed by atoms with van der Waals surface area (Å²) in [5.74, 6) is -0.193. The predicted octanol–water partition coefficient (Wildman–Crippen LogP) is 2.05. The van der Waals surface area contributed by atoms with Gasteiger partial charge in [0, 0.05) is 18.7 Å². The van der Waals surface area contributed by atoms with Gasteiger partial charge in [0.15, 0.2) is 0 Å². The van der Waals surface area contributed by atoms with Gasteiger partial charge in [0.1, 0.15) is 0 Å². The molecule has 1 amide bonds. The number of carbonyl (C=O) groups is 1. The minimum atomic E-state index is -0.260. The Balaban J connectivity index is 1.40. The molecule has 28 heavy (non-hydrogen) atoms. The highest BCUT2D eigenvalue weighted by Crippen LogP contribution is 2.14. The molecule has 2 heterocycles. The first-order chi connectivity index (χ1) is 13.6. The molecular weight excluding hydrogens is 358 g/mol. The Morgan fingerprint density at radius 2 is 1.86 bits per heavy atom. The zero-order valence-electron chi connectivity index (χ0n) is 14.9. The summed E-state index contributed by atoms with van der Waals surface area (Å²) in [6, 6.07) is 12.1. The van der Waals surface area contributed by atoms with Crippen molar-refractivity contribution in [3.63, 3.8) is 0 Å². The van der Waals surface area contributed by atoms with Crippen LogP contribution >= 0.6 is 0 Å². The predicted molar refractivity (Wildman–Crippen MR) is 106 cm³/mol. The average Bonchev–Trinajstić information content (AvgIpc) is 2.70. The maximum absolute atomic E-state index is 12.4. The molecule has 2 N–H and O–H groups in total. The maximum atomic E-state index is 12.4. The van der Waals surface area contributed by atoms with Gasteiger partial charge in [0.05, 0.1) is 34.5 Å². The van der Waals surface area contributed by atoms with E-state index in [1.54, 1.807) is 36.4 Å². The lowest BCUT2D eigenvalue weighted by Gasteiger charge is -2.08. The van der Waals surface area contributed by atoms with Crippen LogP contribution in [0.15, 0.2) is 64.7 Å². The van der Waals surface area contributed by atoms with Gasteiger partial charge in [-0.05, 0) is 36.8 Å². The highest BCUT2D eigenvalue weighted by atomic mass is 16.1. The molecule has 140 valence electrons. The van der Waals surface area contributed by atoms with Crippen LogP contribution in [-0.4, -0.2) is 25.4 Å². The number of carbonyl (C=O) groups excluding carboxylic acids is 1. The van der Waals surface area contributed by atoms with Gasteiger partial charge in [-0.25, -0.2) is 9.97 Å². The molecule has 0 unspecified atom stereocenters. The van der Waals surface area contributed by atoms with Crippen molar-refractivity contribution in [3.05, 3.63) is 75.8 Å².